The van der Waals surface area contributed by atoms with Gasteiger partial charge >= 0.3 is 213 Å². The first-order valence-corrected chi connectivity index (χ1v) is 6.30. The summed E-state index contributed by atoms with van der Waals surface area (Å²) in [5.41, 5.74) is -6.18. The Bertz CT molecular complexity index is 587. The van der Waals surface area contributed by atoms with E-state index in [0.29, 0.717) is 0 Å². The third kappa shape index (κ3) is 26.7. The second-order valence-electron chi connectivity index (χ2n) is 5.01. The molecule has 0 saturated heterocycles. The van der Waals surface area contributed by atoms with E-state index in [4.69, 9.17) is 20.4 Å². The molecule has 0 rings (SSSR count). The Balaban J connectivity index is -0.0000000800. The number of esters is 2. The number of hydrogen-bond donors (Lipinski definition) is 6. The fourth-order valence-electron chi connectivity index (χ4n) is 1.60. The van der Waals surface area contributed by atoms with Gasteiger partial charge in [-0.15, -0.1) is 12.4 Å². The average Bonchev–Trinajstić information content (AvgIpc) is 2.34. The summed E-state index contributed by atoms with van der Waals surface area (Å²) in [4.78, 5) is 65.5. The molecule has 2 unspecified atom stereocenters. The van der Waals surface area contributed by atoms with Crippen molar-refractivity contribution in [3.05, 3.63) is 0 Å². The molecule has 0 spiro atoms. The first-order chi connectivity index (χ1) is 11.2. The van der Waals surface area contributed by atoms with E-state index in [2.05, 4.69) is 4.74 Å². The summed E-state index contributed by atoms with van der Waals surface area (Å²) in [5.74, 6) is -11.2. The number of carbonyl (C=O) groups is 6. The molecule has 0 amide bonds. The summed E-state index contributed by atoms with van der Waals surface area (Å²) in [7, 11) is 0. The van der Waals surface area contributed by atoms with Crippen LogP contribution in [0.25, 0.3) is 0 Å². The molecule has 15 nitrogen and oxygen atoms in total. The van der Waals surface area contributed by atoms with Crippen molar-refractivity contribution >= 4 is 226 Å². The van der Waals surface area contributed by atoms with Gasteiger partial charge in [-0.1, -0.05) is 0 Å². The standard InChI is InChI=1S/C12H14O13.ClH.6Na.2H2O.6H/c13-5(14)1-11(23,9(19)20)3-7(17)25-8(18)4-12(24,10(21)22)2-6(15)16;;;;;;;;;;;;;;;/h23-24H,1-4H2,(H,13,14)(H,15,16)(H,19,20)(H,21,22);1H;;;;;;;2*1H2;;;;;;. The van der Waals surface area contributed by atoms with Crippen LogP contribution in [0.15, 0.2) is 0 Å². The van der Waals surface area contributed by atoms with Crippen molar-refractivity contribution in [2.75, 3.05) is 0 Å². The maximum absolute atomic E-state index is 11.4. The Morgan fingerprint density at radius 2 is 0.735 bits per heavy atom. The summed E-state index contributed by atoms with van der Waals surface area (Å²) in [6.07, 6.45) is -5.73. The van der Waals surface area contributed by atoms with Crippen LogP contribution >= 0.6 is 12.4 Å². The molecule has 0 radical (unpaired) electrons. The predicted molar refractivity (Wildman–Crippen MR) is 127 cm³/mol. The van der Waals surface area contributed by atoms with Gasteiger partial charge in [-0.3, -0.25) is 19.2 Å². The van der Waals surface area contributed by atoms with E-state index in [0.717, 1.165) is 0 Å². The van der Waals surface area contributed by atoms with Crippen molar-refractivity contribution in [2.24, 2.45) is 0 Å². The zero-order valence-corrected chi connectivity index (χ0v) is 14.6. The molecule has 22 heteroatoms. The Hall–Kier alpha value is 3.15. The van der Waals surface area contributed by atoms with Crippen LogP contribution in [0.3, 0.4) is 0 Å². The van der Waals surface area contributed by atoms with Gasteiger partial charge in [0.15, 0.2) is 11.2 Å². The van der Waals surface area contributed by atoms with Crippen LogP contribution < -0.4 is 0 Å². The molecule has 0 aromatic carbocycles. The monoisotopic (exact) mass is 582 g/mol. The SMILES string of the molecule is Cl.O.O.O=C(O)CC(O)(CC(=O)OC(=O)CC(O)(CC(=O)O)C(=O)O)C(=O)O.[NaH].[NaH].[NaH].[NaH].[NaH].[NaH]. The molecule has 34 heavy (non-hydrogen) atoms. The quantitative estimate of drug-likeness (QED) is 0.0793. The van der Waals surface area contributed by atoms with Crippen LogP contribution in [-0.4, -0.2) is 266 Å². The minimum atomic E-state index is -3.09. The molecule has 0 fully saturated rings. The van der Waals surface area contributed by atoms with E-state index in [1.807, 2.05) is 0 Å². The summed E-state index contributed by atoms with van der Waals surface area (Å²) in [6, 6.07) is 0. The number of carboxylic acid groups (broad SMARTS) is 4. The Kier molecular flexibility index (Phi) is 59.4. The number of aliphatic carboxylic acids is 4. The third-order valence-electron chi connectivity index (χ3n) is 2.78. The van der Waals surface area contributed by atoms with Gasteiger partial charge in [0, 0.05) is 0 Å². The molecule has 176 valence electrons. The van der Waals surface area contributed by atoms with Gasteiger partial charge in [0.25, 0.3) is 0 Å². The summed E-state index contributed by atoms with van der Waals surface area (Å²) in [5, 5.41) is 53.6. The molecule has 2 atom stereocenters. The summed E-state index contributed by atoms with van der Waals surface area (Å²) < 4.78 is 3.99. The van der Waals surface area contributed by atoms with Gasteiger partial charge in [0.05, 0.1) is 25.7 Å². The fraction of sp³-hybridized carbons (Fsp3) is 0.500. The van der Waals surface area contributed by atoms with E-state index in [-0.39, 0.29) is 201 Å². The first kappa shape index (κ1) is 65.9. The number of aliphatic hydroxyl groups is 2. The van der Waals surface area contributed by atoms with Crippen LogP contribution in [0, 0.1) is 0 Å². The van der Waals surface area contributed by atoms with Crippen molar-refractivity contribution < 1.29 is 75.1 Å². The number of rotatable bonds is 10. The Morgan fingerprint density at radius 3 is 0.882 bits per heavy atom. The van der Waals surface area contributed by atoms with Crippen molar-refractivity contribution in [1.29, 1.82) is 0 Å². The van der Waals surface area contributed by atoms with Crippen LogP contribution in [0.1, 0.15) is 25.7 Å². The van der Waals surface area contributed by atoms with E-state index in [1.54, 1.807) is 0 Å². The van der Waals surface area contributed by atoms with Gasteiger partial charge in [-0.2, -0.15) is 0 Å². The summed E-state index contributed by atoms with van der Waals surface area (Å²) in [6.45, 7) is 0. The maximum atomic E-state index is 11.4. The Labute approximate surface area is 331 Å². The third-order valence-corrected chi connectivity index (χ3v) is 2.78. The van der Waals surface area contributed by atoms with Crippen LogP contribution in [0.4, 0.5) is 0 Å². The topological polar surface area (TPSA) is 296 Å². The molecule has 10 N–H and O–H groups in total. The van der Waals surface area contributed by atoms with Crippen molar-refractivity contribution in [2.45, 2.75) is 36.9 Å². The molecular weight excluding hydrogens is 558 g/mol. The number of halogens is 1. The number of hydrogen-bond acceptors (Lipinski definition) is 9. The van der Waals surface area contributed by atoms with Gasteiger partial charge in [0.2, 0.25) is 0 Å². The molecule has 0 aliphatic rings. The second kappa shape index (κ2) is 30.7. The summed E-state index contributed by atoms with van der Waals surface area (Å²) >= 11 is 0. The molecule has 0 bridgehead atoms. The van der Waals surface area contributed by atoms with E-state index < -0.39 is 72.7 Å². The number of carboxylic acids is 4. The second-order valence-corrected chi connectivity index (χ2v) is 5.01. The number of ether oxygens (including phenoxy) is 1. The Morgan fingerprint density at radius 1 is 0.529 bits per heavy atom. The minimum absolute atomic E-state index is 0. The van der Waals surface area contributed by atoms with E-state index >= 15 is 0 Å². The van der Waals surface area contributed by atoms with Crippen molar-refractivity contribution in [3.63, 3.8) is 0 Å². The fourth-order valence-corrected chi connectivity index (χ4v) is 1.60. The molecule has 0 aliphatic carbocycles. The van der Waals surface area contributed by atoms with Crippen LogP contribution in [0.5, 0.6) is 0 Å². The van der Waals surface area contributed by atoms with Gasteiger partial charge in [-0.25, -0.2) is 9.59 Å². The molecule has 0 aliphatic heterocycles. The molecular formula is C12H25ClNa6O15. The van der Waals surface area contributed by atoms with Gasteiger partial charge < -0.3 is 46.3 Å². The zero-order valence-electron chi connectivity index (χ0n) is 13.8. The van der Waals surface area contributed by atoms with Crippen molar-refractivity contribution in [3.8, 4) is 0 Å². The van der Waals surface area contributed by atoms with Crippen molar-refractivity contribution in [1.82, 2.24) is 0 Å². The van der Waals surface area contributed by atoms with E-state index in [9.17, 15) is 39.0 Å². The average molecular weight is 583 g/mol. The van der Waals surface area contributed by atoms with E-state index in [1.165, 1.54) is 0 Å². The zero-order chi connectivity index (χ0) is 20.0. The molecule has 0 aromatic rings. The number of carbonyl (C=O) groups excluding carboxylic acids is 2. The van der Waals surface area contributed by atoms with Crippen LogP contribution in [0.2, 0.25) is 0 Å². The van der Waals surface area contributed by atoms with Crippen LogP contribution in [-0.2, 0) is 33.5 Å². The van der Waals surface area contributed by atoms with Gasteiger partial charge in [-0.05, 0) is 0 Å². The normalized spacial score (nSPS) is 11.2. The van der Waals surface area contributed by atoms with Gasteiger partial charge in [0.1, 0.15) is 0 Å². The first-order valence-electron chi connectivity index (χ1n) is 6.30. The predicted octanol–water partition coefficient (Wildman–Crippen LogP) is -7.70. The molecule has 0 heterocycles. The molecule has 0 saturated carbocycles. The molecule has 0 aromatic heterocycles.